The Morgan fingerprint density at radius 3 is 2.46 bits per heavy atom. The Bertz CT molecular complexity index is 968. The average molecular weight is 408 g/mol. The standard InChI is InChI=1S/C18H18ClN3O2S2/c1-10-6-12(7-11(2)20-10)17-15(9-23)25-18(22-17)21-13-4-5-16(26(3)24)14(19)8-13/h4-8,23H,9H2,1-3H3,(H,21,22). The second-order valence-corrected chi connectivity index (χ2v) is 8.65. The molecule has 0 saturated carbocycles. The number of aliphatic hydroxyl groups excluding tert-OH is 1. The number of nitrogens with one attached hydrogen (secondary N) is 1. The third-order valence-electron chi connectivity index (χ3n) is 3.69. The summed E-state index contributed by atoms with van der Waals surface area (Å²) < 4.78 is 11.6. The molecule has 1 unspecified atom stereocenters. The van der Waals surface area contributed by atoms with Crippen molar-refractivity contribution in [1.29, 1.82) is 0 Å². The molecule has 0 radical (unpaired) electrons. The molecular formula is C18H18ClN3O2S2. The van der Waals surface area contributed by atoms with E-state index in [9.17, 15) is 9.32 Å². The number of halogens is 1. The van der Waals surface area contributed by atoms with Gasteiger partial charge in [0.1, 0.15) is 0 Å². The monoisotopic (exact) mass is 407 g/mol. The van der Waals surface area contributed by atoms with Gasteiger partial charge in [-0.1, -0.05) is 22.9 Å². The van der Waals surface area contributed by atoms with Gasteiger partial charge in [0.2, 0.25) is 0 Å². The summed E-state index contributed by atoms with van der Waals surface area (Å²) in [6.45, 7) is 3.77. The average Bonchev–Trinajstić information content (AvgIpc) is 2.96. The second kappa shape index (κ2) is 7.84. The highest BCUT2D eigenvalue weighted by Crippen LogP contribution is 2.34. The Morgan fingerprint density at radius 2 is 1.88 bits per heavy atom. The lowest BCUT2D eigenvalue weighted by molar-refractivity contribution is 0.286. The fourth-order valence-electron chi connectivity index (χ4n) is 2.64. The van der Waals surface area contributed by atoms with Crippen LogP contribution in [0.5, 0.6) is 0 Å². The first kappa shape index (κ1) is 19.0. The van der Waals surface area contributed by atoms with E-state index in [-0.39, 0.29) is 6.61 Å². The number of thiazole rings is 1. The minimum atomic E-state index is -1.14. The minimum Gasteiger partial charge on any atom is -0.391 e. The first-order valence-corrected chi connectivity index (χ1v) is 10.6. The van der Waals surface area contributed by atoms with E-state index in [0.29, 0.717) is 15.0 Å². The summed E-state index contributed by atoms with van der Waals surface area (Å²) in [5.74, 6) is 0. The summed E-state index contributed by atoms with van der Waals surface area (Å²) in [6, 6.07) is 9.17. The molecule has 0 spiro atoms. The summed E-state index contributed by atoms with van der Waals surface area (Å²) >= 11 is 7.57. The van der Waals surface area contributed by atoms with Crippen molar-refractivity contribution in [1.82, 2.24) is 9.97 Å². The van der Waals surface area contributed by atoms with Crippen molar-refractivity contribution < 1.29 is 9.32 Å². The van der Waals surface area contributed by atoms with Crippen LogP contribution in [-0.4, -0.2) is 25.5 Å². The molecule has 0 aliphatic heterocycles. The van der Waals surface area contributed by atoms with Gasteiger partial charge in [-0.25, -0.2) is 4.98 Å². The number of aromatic nitrogens is 2. The molecule has 0 amide bonds. The summed E-state index contributed by atoms with van der Waals surface area (Å²) in [4.78, 5) is 10.4. The van der Waals surface area contributed by atoms with Crippen molar-refractivity contribution in [2.75, 3.05) is 11.6 Å². The summed E-state index contributed by atoms with van der Waals surface area (Å²) in [6.07, 6.45) is 1.59. The number of rotatable bonds is 5. The Kier molecular flexibility index (Phi) is 5.72. The molecule has 2 aromatic heterocycles. The minimum absolute atomic E-state index is 0.0936. The zero-order valence-electron chi connectivity index (χ0n) is 14.5. The third kappa shape index (κ3) is 4.12. The van der Waals surface area contributed by atoms with Gasteiger partial charge in [-0.2, -0.15) is 0 Å². The van der Waals surface area contributed by atoms with E-state index in [1.807, 2.05) is 32.0 Å². The van der Waals surface area contributed by atoms with Crippen LogP contribution >= 0.6 is 22.9 Å². The van der Waals surface area contributed by atoms with Crippen LogP contribution in [0.1, 0.15) is 16.3 Å². The SMILES string of the molecule is Cc1cc(-c2nc(Nc3ccc(S(C)=O)c(Cl)c3)sc2CO)cc(C)n1. The molecule has 0 fully saturated rings. The lowest BCUT2D eigenvalue weighted by Gasteiger charge is -2.06. The van der Waals surface area contributed by atoms with Crippen LogP contribution in [0.25, 0.3) is 11.3 Å². The fraction of sp³-hybridized carbons (Fsp3) is 0.222. The van der Waals surface area contributed by atoms with E-state index in [2.05, 4.69) is 15.3 Å². The lowest BCUT2D eigenvalue weighted by Crippen LogP contribution is -1.94. The molecular weight excluding hydrogens is 390 g/mol. The molecule has 0 bridgehead atoms. The number of anilines is 2. The molecule has 26 heavy (non-hydrogen) atoms. The zero-order chi connectivity index (χ0) is 18.8. The van der Waals surface area contributed by atoms with Crippen LogP contribution in [0.3, 0.4) is 0 Å². The van der Waals surface area contributed by atoms with Crippen LogP contribution < -0.4 is 5.32 Å². The number of hydrogen-bond donors (Lipinski definition) is 2. The van der Waals surface area contributed by atoms with E-state index in [1.54, 1.807) is 18.4 Å². The van der Waals surface area contributed by atoms with Crippen molar-refractivity contribution in [3.63, 3.8) is 0 Å². The van der Waals surface area contributed by atoms with Crippen molar-refractivity contribution in [2.45, 2.75) is 25.3 Å². The number of hydrogen-bond acceptors (Lipinski definition) is 6. The molecule has 1 aromatic carbocycles. The second-order valence-electron chi connectivity index (χ2n) is 5.81. The first-order valence-electron chi connectivity index (χ1n) is 7.83. The van der Waals surface area contributed by atoms with Crippen LogP contribution in [0.15, 0.2) is 35.2 Å². The Hall–Kier alpha value is -1.80. The molecule has 2 N–H and O–H groups in total. The predicted octanol–water partition coefficient (Wildman–Crippen LogP) is 4.45. The maximum Gasteiger partial charge on any atom is 0.188 e. The largest absolute Gasteiger partial charge is 0.391 e. The van der Waals surface area contributed by atoms with Gasteiger partial charge in [0.15, 0.2) is 5.13 Å². The van der Waals surface area contributed by atoms with Gasteiger partial charge in [-0.05, 0) is 44.2 Å². The van der Waals surface area contributed by atoms with Crippen LogP contribution in [0.4, 0.5) is 10.8 Å². The Labute approximate surface area is 163 Å². The van der Waals surface area contributed by atoms with Gasteiger partial charge in [-0.3, -0.25) is 9.19 Å². The third-order valence-corrected chi connectivity index (χ3v) is 6.04. The highest BCUT2D eigenvalue weighted by molar-refractivity contribution is 7.84. The van der Waals surface area contributed by atoms with E-state index < -0.39 is 10.8 Å². The van der Waals surface area contributed by atoms with Crippen LogP contribution in [-0.2, 0) is 17.4 Å². The van der Waals surface area contributed by atoms with E-state index in [1.165, 1.54) is 11.3 Å². The number of aryl methyl sites for hydroxylation is 2. The first-order chi connectivity index (χ1) is 12.4. The highest BCUT2D eigenvalue weighted by Gasteiger charge is 2.14. The summed E-state index contributed by atoms with van der Waals surface area (Å²) in [7, 11) is -1.14. The maximum atomic E-state index is 11.6. The fourth-order valence-corrected chi connectivity index (χ4v) is 4.61. The quantitative estimate of drug-likeness (QED) is 0.653. The highest BCUT2D eigenvalue weighted by atomic mass is 35.5. The number of benzene rings is 1. The van der Waals surface area contributed by atoms with Gasteiger partial charge in [0, 0.05) is 28.9 Å². The lowest BCUT2D eigenvalue weighted by atomic mass is 10.1. The van der Waals surface area contributed by atoms with Gasteiger partial charge in [-0.15, -0.1) is 0 Å². The normalized spacial score (nSPS) is 12.2. The van der Waals surface area contributed by atoms with Gasteiger partial charge in [0.05, 0.1) is 37.9 Å². The zero-order valence-corrected chi connectivity index (χ0v) is 16.9. The van der Waals surface area contributed by atoms with Crippen LogP contribution in [0.2, 0.25) is 5.02 Å². The Morgan fingerprint density at radius 1 is 1.19 bits per heavy atom. The van der Waals surface area contributed by atoms with Crippen molar-refractivity contribution >= 4 is 44.6 Å². The number of pyridine rings is 1. The number of nitrogens with zero attached hydrogens (tertiary/aromatic N) is 2. The molecule has 136 valence electrons. The molecule has 0 aliphatic rings. The van der Waals surface area contributed by atoms with Crippen molar-refractivity contribution in [2.24, 2.45) is 0 Å². The van der Waals surface area contributed by atoms with E-state index >= 15 is 0 Å². The van der Waals surface area contributed by atoms with Crippen LogP contribution in [0, 0.1) is 13.8 Å². The molecule has 0 aliphatic carbocycles. The van der Waals surface area contributed by atoms with E-state index in [0.717, 1.165) is 33.2 Å². The molecule has 1 atom stereocenters. The maximum absolute atomic E-state index is 11.6. The van der Waals surface area contributed by atoms with Crippen molar-refractivity contribution in [3.8, 4) is 11.3 Å². The molecule has 2 heterocycles. The molecule has 3 rings (SSSR count). The van der Waals surface area contributed by atoms with Gasteiger partial charge in [0.25, 0.3) is 0 Å². The number of aliphatic hydroxyl groups is 1. The molecule has 3 aromatic rings. The molecule has 0 saturated heterocycles. The van der Waals surface area contributed by atoms with E-state index in [4.69, 9.17) is 11.6 Å². The molecule has 8 heteroatoms. The van der Waals surface area contributed by atoms with Gasteiger partial charge < -0.3 is 10.4 Å². The van der Waals surface area contributed by atoms with Crippen molar-refractivity contribution in [3.05, 3.63) is 51.6 Å². The Balaban J connectivity index is 1.94. The predicted molar refractivity (Wildman–Crippen MR) is 108 cm³/mol. The smallest absolute Gasteiger partial charge is 0.188 e. The topological polar surface area (TPSA) is 75.1 Å². The summed E-state index contributed by atoms with van der Waals surface area (Å²) in [5, 5.41) is 14.0. The molecule has 5 nitrogen and oxygen atoms in total. The summed E-state index contributed by atoms with van der Waals surface area (Å²) in [5.41, 5.74) is 4.22. The van der Waals surface area contributed by atoms with Gasteiger partial charge >= 0.3 is 0 Å².